The van der Waals surface area contributed by atoms with Crippen molar-refractivity contribution in [3.63, 3.8) is 0 Å². The number of aliphatic hydroxyl groups is 1. The normalized spacial score (nSPS) is 14.0. The second-order valence-corrected chi connectivity index (χ2v) is 4.38. The Bertz CT molecular complexity index is 380. The number of aliphatic carboxylic acids is 1. The maximum atomic E-state index is 11.7. The number of hydrogen-bond acceptors (Lipinski definition) is 5. The molecule has 0 saturated carbocycles. The number of carbonyl (C=O) groups is 2. The van der Waals surface area contributed by atoms with Crippen LogP contribution in [0.5, 0.6) is 0 Å². The van der Waals surface area contributed by atoms with E-state index in [-0.39, 0.29) is 13.0 Å². The molecule has 5 N–H and O–H groups in total. The largest absolute Gasteiger partial charge is 0.480 e. The van der Waals surface area contributed by atoms with E-state index in [1.807, 2.05) is 0 Å². The van der Waals surface area contributed by atoms with E-state index >= 15 is 0 Å². The van der Waals surface area contributed by atoms with E-state index in [1.165, 1.54) is 11.3 Å². The van der Waals surface area contributed by atoms with Crippen LogP contribution >= 0.6 is 11.3 Å². The first kappa shape index (κ1) is 13.6. The van der Waals surface area contributed by atoms with Gasteiger partial charge in [-0.2, -0.15) is 0 Å². The number of carboxylic acids is 1. The highest BCUT2D eigenvalue weighted by molar-refractivity contribution is 7.10. The summed E-state index contributed by atoms with van der Waals surface area (Å²) in [6, 6.07) is 1.47. The average molecular weight is 258 g/mol. The van der Waals surface area contributed by atoms with Gasteiger partial charge in [0.15, 0.2) is 0 Å². The van der Waals surface area contributed by atoms with Gasteiger partial charge in [-0.15, -0.1) is 11.3 Å². The SMILES string of the molecule is NC(C(=O)N[C@@H](CCO)C(=O)O)c1cccs1. The molecule has 0 fully saturated rings. The van der Waals surface area contributed by atoms with E-state index < -0.39 is 24.0 Å². The smallest absolute Gasteiger partial charge is 0.326 e. The molecule has 0 saturated heterocycles. The number of carboxylic acid groups (broad SMARTS) is 1. The van der Waals surface area contributed by atoms with Crippen LogP contribution in [0.15, 0.2) is 17.5 Å². The Morgan fingerprint density at radius 1 is 1.53 bits per heavy atom. The highest BCUT2D eigenvalue weighted by Crippen LogP contribution is 2.16. The molecule has 1 unspecified atom stereocenters. The van der Waals surface area contributed by atoms with Crippen molar-refractivity contribution in [3.8, 4) is 0 Å². The van der Waals surface area contributed by atoms with Gasteiger partial charge in [0.05, 0.1) is 0 Å². The van der Waals surface area contributed by atoms with Crippen LogP contribution in [-0.2, 0) is 9.59 Å². The lowest BCUT2D eigenvalue weighted by Gasteiger charge is -2.16. The molecule has 0 radical (unpaired) electrons. The minimum absolute atomic E-state index is 0.0434. The van der Waals surface area contributed by atoms with E-state index in [2.05, 4.69) is 5.32 Å². The first-order valence-electron chi connectivity index (χ1n) is 4.99. The van der Waals surface area contributed by atoms with Crippen LogP contribution in [0.25, 0.3) is 0 Å². The Hall–Kier alpha value is -1.44. The third-order valence-corrected chi connectivity index (χ3v) is 3.12. The van der Waals surface area contributed by atoms with Crippen molar-refractivity contribution in [1.29, 1.82) is 0 Å². The van der Waals surface area contributed by atoms with E-state index in [0.29, 0.717) is 4.88 Å². The molecule has 0 aliphatic heterocycles. The quantitative estimate of drug-likeness (QED) is 0.559. The number of aliphatic hydroxyl groups excluding tert-OH is 1. The molecule has 1 aromatic rings. The summed E-state index contributed by atoms with van der Waals surface area (Å²) in [6.45, 7) is -0.314. The number of hydrogen-bond donors (Lipinski definition) is 4. The summed E-state index contributed by atoms with van der Waals surface area (Å²) in [5, 5.41) is 21.5. The summed E-state index contributed by atoms with van der Waals surface area (Å²) < 4.78 is 0. The van der Waals surface area contributed by atoms with Gasteiger partial charge in [-0.25, -0.2) is 4.79 Å². The lowest BCUT2D eigenvalue weighted by molar-refractivity contribution is -0.142. The fourth-order valence-corrected chi connectivity index (χ4v) is 1.97. The van der Waals surface area contributed by atoms with Gasteiger partial charge in [0.25, 0.3) is 0 Å². The van der Waals surface area contributed by atoms with Gasteiger partial charge in [-0.05, 0) is 11.4 Å². The first-order chi connectivity index (χ1) is 8.06. The summed E-state index contributed by atoms with van der Waals surface area (Å²) in [4.78, 5) is 23.1. The molecular formula is C10H14N2O4S. The summed E-state index contributed by atoms with van der Waals surface area (Å²) in [5.74, 6) is -1.75. The van der Waals surface area contributed by atoms with Gasteiger partial charge in [0.1, 0.15) is 12.1 Å². The predicted molar refractivity (Wildman–Crippen MR) is 62.5 cm³/mol. The minimum Gasteiger partial charge on any atom is -0.480 e. The highest BCUT2D eigenvalue weighted by Gasteiger charge is 2.23. The second-order valence-electron chi connectivity index (χ2n) is 3.40. The topological polar surface area (TPSA) is 113 Å². The Morgan fingerprint density at radius 2 is 2.24 bits per heavy atom. The summed E-state index contributed by atoms with van der Waals surface area (Å²) >= 11 is 1.33. The van der Waals surface area contributed by atoms with Gasteiger partial charge in [0, 0.05) is 17.9 Å². The van der Waals surface area contributed by atoms with E-state index in [9.17, 15) is 9.59 Å². The molecular weight excluding hydrogens is 244 g/mol. The summed E-state index contributed by atoms with van der Waals surface area (Å²) in [6.07, 6.45) is -0.0434. The standard InChI is InChI=1S/C10H14N2O4S/c11-8(7-2-1-5-17-7)9(14)12-6(3-4-13)10(15)16/h1-2,5-6,8,13H,3-4,11H2,(H,12,14)(H,15,16)/t6-,8?/m0/s1. The molecule has 1 rings (SSSR count). The Morgan fingerprint density at radius 3 is 2.71 bits per heavy atom. The van der Waals surface area contributed by atoms with Crippen LogP contribution in [0.2, 0.25) is 0 Å². The van der Waals surface area contributed by atoms with Crippen molar-refractivity contribution < 1.29 is 19.8 Å². The average Bonchev–Trinajstić information content (AvgIpc) is 2.80. The lowest BCUT2D eigenvalue weighted by atomic mass is 10.2. The van der Waals surface area contributed by atoms with Crippen molar-refractivity contribution in [3.05, 3.63) is 22.4 Å². The number of carbonyl (C=O) groups excluding carboxylic acids is 1. The molecule has 0 spiro atoms. The van der Waals surface area contributed by atoms with E-state index in [1.54, 1.807) is 17.5 Å². The third kappa shape index (κ3) is 3.81. The molecule has 0 aliphatic rings. The zero-order valence-electron chi connectivity index (χ0n) is 9.00. The number of amides is 1. The van der Waals surface area contributed by atoms with Gasteiger partial charge >= 0.3 is 5.97 Å². The Balaban J connectivity index is 2.61. The first-order valence-corrected chi connectivity index (χ1v) is 5.87. The van der Waals surface area contributed by atoms with Crippen LogP contribution in [0, 0.1) is 0 Å². The fourth-order valence-electron chi connectivity index (χ4n) is 1.25. The maximum Gasteiger partial charge on any atom is 0.326 e. The molecule has 0 aliphatic carbocycles. The van der Waals surface area contributed by atoms with Gasteiger partial charge in [-0.1, -0.05) is 6.07 Å². The van der Waals surface area contributed by atoms with Crippen molar-refractivity contribution in [2.75, 3.05) is 6.61 Å². The Labute approximate surface area is 102 Å². The molecule has 2 atom stereocenters. The van der Waals surface area contributed by atoms with Crippen molar-refractivity contribution in [2.45, 2.75) is 18.5 Å². The molecule has 1 aromatic heterocycles. The second kappa shape index (κ2) is 6.33. The monoisotopic (exact) mass is 258 g/mol. The lowest BCUT2D eigenvalue weighted by Crippen LogP contribution is -2.45. The summed E-state index contributed by atoms with van der Waals surface area (Å²) in [7, 11) is 0. The van der Waals surface area contributed by atoms with E-state index in [4.69, 9.17) is 15.9 Å². The van der Waals surface area contributed by atoms with Crippen LogP contribution in [0.1, 0.15) is 17.3 Å². The molecule has 1 heterocycles. The Kier molecular flexibility index (Phi) is 5.08. The van der Waals surface area contributed by atoms with Crippen molar-refractivity contribution in [2.24, 2.45) is 5.73 Å². The number of rotatable bonds is 6. The van der Waals surface area contributed by atoms with Gasteiger partial charge < -0.3 is 21.3 Å². The zero-order chi connectivity index (χ0) is 12.8. The summed E-state index contributed by atoms with van der Waals surface area (Å²) in [5.41, 5.74) is 5.67. The molecule has 0 aromatic carbocycles. The van der Waals surface area contributed by atoms with Crippen molar-refractivity contribution in [1.82, 2.24) is 5.32 Å². The third-order valence-electron chi connectivity index (χ3n) is 2.16. The maximum absolute atomic E-state index is 11.7. The van der Waals surface area contributed by atoms with Crippen LogP contribution in [-0.4, -0.2) is 34.7 Å². The molecule has 6 nitrogen and oxygen atoms in total. The van der Waals surface area contributed by atoms with Gasteiger partial charge in [0.2, 0.25) is 5.91 Å². The highest BCUT2D eigenvalue weighted by atomic mass is 32.1. The molecule has 0 bridgehead atoms. The molecule has 7 heteroatoms. The van der Waals surface area contributed by atoms with Crippen LogP contribution in [0.4, 0.5) is 0 Å². The van der Waals surface area contributed by atoms with Crippen LogP contribution in [0.3, 0.4) is 0 Å². The van der Waals surface area contributed by atoms with Gasteiger partial charge in [-0.3, -0.25) is 4.79 Å². The number of thiophene rings is 1. The van der Waals surface area contributed by atoms with Crippen molar-refractivity contribution >= 4 is 23.2 Å². The minimum atomic E-state index is -1.19. The van der Waals surface area contributed by atoms with E-state index in [0.717, 1.165) is 0 Å². The molecule has 17 heavy (non-hydrogen) atoms. The number of nitrogens with one attached hydrogen (secondary N) is 1. The molecule has 94 valence electrons. The van der Waals surface area contributed by atoms with Crippen LogP contribution < -0.4 is 11.1 Å². The molecule has 1 amide bonds. The predicted octanol–water partition coefficient (Wildman–Crippen LogP) is -0.300. The zero-order valence-corrected chi connectivity index (χ0v) is 9.81. The number of nitrogens with two attached hydrogens (primary N) is 1. The fraction of sp³-hybridized carbons (Fsp3) is 0.400.